The van der Waals surface area contributed by atoms with Gasteiger partial charge < -0.3 is 147 Å². The van der Waals surface area contributed by atoms with E-state index in [2.05, 4.69) is 37.2 Å². The van der Waals surface area contributed by atoms with E-state index in [4.69, 9.17) is 33.9 Å². The maximum atomic E-state index is 12.2. The van der Waals surface area contributed by atoms with E-state index in [1.54, 1.807) is 46.8 Å². The number of aliphatic hydroxyl groups is 16. The van der Waals surface area contributed by atoms with E-state index < -0.39 is 159 Å². The molecule has 1 aromatic carbocycles. The van der Waals surface area contributed by atoms with Crippen molar-refractivity contribution in [2.24, 2.45) is 5.92 Å². The van der Waals surface area contributed by atoms with E-state index in [1.807, 2.05) is 25.1 Å². The average molecular weight is 1560 g/mol. The number of aliphatic hydroxyl groups excluding tert-OH is 16. The molecule has 6 aliphatic rings. The molecule has 0 radical (unpaired) electrons. The number of amides is 7. The lowest BCUT2D eigenvalue weighted by molar-refractivity contribution is -0.132. The van der Waals surface area contributed by atoms with Crippen molar-refractivity contribution in [3.8, 4) is 0 Å². The number of carbonyl (C=O) groups is 8. The van der Waals surface area contributed by atoms with Gasteiger partial charge in [0.2, 0.25) is 41.4 Å². The Morgan fingerprint density at radius 2 is 0.798 bits per heavy atom. The highest BCUT2D eigenvalue weighted by molar-refractivity contribution is 5.81. The molecule has 0 bridgehead atoms. The summed E-state index contributed by atoms with van der Waals surface area (Å²) in [6, 6.07) is 4.88. The van der Waals surface area contributed by atoms with Crippen LogP contribution in [0.15, 0.2) is 89.5 Å². The molecule has 36 nitrogen and oxygen atoms in total. The van der Waals surface area contributed by atoms with Crippen LogP contribution in [0.5, 0.6) is 0 Å². The number of ketones is 1. The van der Waals surface area contributed by atoms with E-state index in [0.29, 0.717) is 35.2 Å². The Morgan fingerprint density at radius 3 is 1.17 bits per heavy atom. The normalized spacial score (nSPS) is 27.8. The van der Waals surface area contributed by atoms with Gasteiger partial charge in [-0.2, -0.15) is 0 Å². The smallest absolute Gasteiger partial charge is 0.224 e. The molecule has 10 unspecified atom stereocenters. The summed E-state index contributed by atoms with van der Waals surface area (Å²) in [5.74, 6) is -0.175. The van der Waals surface area contributed by atoms with Crippen LogP contribution in [0.1, 0.15) is 133 Å². The van der Waals surface area contributed by atoms with Crippen molar-refractivity contribution in [2.75, 3.05) is 26.3 Å². The van der Waals surface area contributed by atoms with Gasteiger partial charge in [0.15, 0.2) is 0 Å². The fourth-order valence-corrected chi connectivity index (χ4v) is 11.9. The lowest BCUT2D eigenvalue weighted by atomic mass is 9.92. The Morgan fingerprint density at radius 1 is 0.440 bits per heavy atom. The fraction of sp³-hybridized carbons (Fsp3) is 0.671. The van der Waals surface area contributed by atoms with Gasteiger partial charge in [0.25, 0.3) is 0 Å². The molecular formula is C73H117N7O29. The number of allylic oxidation sites excluding steroid dienone is 5. The first-order valence-electron chi connectivity index (χ1n) is 36.1. The van der Waals surface area contributed by atoms with Crippen molar-refractivity contribution in [2.45, 2.75) is 280 Å². The summed E-state index contributed by atoms with van der Waals surface area (Å²) in [4.78, 5) is 91.1. The molecule has 1 aliphatic carbocycles. The quantitative estimate of drug-likeness (QED) is 0.0342. The van der Waals surface area contributed by atoms with Gasteiger partial charge in [-0.3, -0.25) is 33.6 Å². The van der Waals surface area contributed by atoms with Gasteiger partial charge in [0.05, 0.1) is 121 Å². The molecule has 1 saturated carbocycles. The van der Waals surface area contributed by atoms with E-state index >= 15 is 0 Å². The molecule has 7 rings (SSSR count). The third-order valence-corrected chi connectivity index (χ3v) is 17.6. The van der Waals surface area contributed by atoms with Gasteiger partial charge in [-0.05, 0) is 103 Å². The molecule has 109 heavy (non-hydrogen) atoms. The largest absolute Gasteiger partial charge is 0.493 e. The molecule has 618 valence electrons. The highest BCUT2D eigenvalue weighted by atomic mass is 16.5. The van der Waals surface area contributed by atoms with Crippen LogP contribution in [0.3, 0.4) is 0 Å². The van der Waals surface area contributed by atoms with Crippen molar-refractivity contribution in [3.05, 3.63) is 95.1 Å². The third-order valence-electron chi connectivity index (χ3n) is 17.6. The van der Waals surface area contributed by atoms with Crippen LogP contribution in [0.2, 0.25) is 0 Å². The van der Waals surface area contributed by atoms with Crippen LogP contribution in [0.4, 0.5) is 0 Å². The van der Waals surface area contributed by atoms with Gasteiger partial charge in [-0.15, -0.1) is 0 Å². The number of ether oxygens (including phenoxy) is 5. The minimum absolute atomic E-state index is 0.00408. The number of carbonyl (C=O) groups excluding carboxylic acids is 8. The van der Waals surface area contributed by atoms with E-state index in [-0.39, 0.29) is 92.5 Å². The second kappa shape index (κ2) is 47.5. The highest BCUT2D eigenvalue weighted by Gasteiger charge is 2.46. The summed E-state index contributed by atoms with van der Waals surface area (Å²) in [6.07, 6.45) is -10.1. The minimum Gasteiger partial charge on any atom is -0.493 e. The zero-order valence-electron chi connectivity index (χ0n) is 63.4. The summed E-state index contributed by atoms with van der Waals surface area (Å²) in [5, 5.41) is 176. The van der Waals surface area contributed by atoms with Crippen LogP contribution in [0.25, 0.3) is 0 Å². The molecule has 24 atom stereocenters. The number of nitrogens with one attached hydrogen (secondary N) is 7. The molecule has 1 fully saturated rings. The van der Waals surface area contributed by atoms with Crippen molar-refractivity contribution in [3.63, 3.8) is 0 Å². The Labute approximate surface area is 633 Å². The lowest BCUT2D eigenvalue weighted by Gasteiger charge is -2.38. The molecular weight excluding hydrogens is 1440 g/mol. The highest BCUT2D eigenvalue weighted by Crippen LogP contribution is 2.30. The summed E-state index contributed by atoms with van der Waals surface area (Å²) in [7, 11) is 0. The lowest BCUT2D eigenvalue weighted by Crippen LogP contribution is -2.60. The van der Waals surface area contributed by atoms with Crippen molar-refractivity contribution < 1.29 is 144 Å². The summed E-state index contributed by atoms with van der Waals surface area (Å²) in [5.41, 5.74) is 0.806. The van der Waals surface area contributed by atoms with Gasteiger partial charge in [0, 0.05) is 66.0 Å². The van der Waals surface area contributed by atoms with Crippen LogP contribution < -0.4 is 37.2 Å². The SMILES string of the molecule is CC(=O)CC[C@@H](O)[C@@H](O)C1OC(C)=CC(O)[C@H]1NC(C)=O.CC(=O)N[C@@H]1C(O)C=C(C)OC1C[C@H](O)CO.CC(=O)N[C@@H]1C(O)C=C(C)OC1[C@H](O)[C@H](O)CNC(=O)C1CC1.CC1=CC(O)[C@@H](NC(=O)Cc2ccccc2)C([C@H](O)[C@H](O)CO)O1.CCCCC(=O)NC[C@@H](O)[C@@H](O)C1OC(C)=CC(O)[C@H]1NC(C)=O. The Bertz CT molecular complexity index is 3210. The molecule has 5 heterocycles. The summed E-state index contributed by atoms with van der Waals surface area (Å²) >= 11 is 0. The van der Waals surface area contributed by atoms with Crippen LogP contribution in [-0.4, -0.2) is 301 Å². The summed E-state index contributed by atoms with van der Waals surface area (Å²) in [6.45, 7) is 15.3. The zero-order valence-corrected chi connectivity index (χ0v) is 63.4. The second-order valence-electron chi connectivity index (χ2n) is 27.6. The first kappa shape index (κ1) is 95.4. The molecule has 5 aliphatic heterocycles. The predicted molar refractivity (Wildman–Crippen MR) is 387 cm³/mol. The number of hydrogen-bond donors (Lipinski definition) is 23. The Hall–Kier alpha value is -7.76. The number of hydrogen-bond acceptors (Lipinski definition) is 29. The first-order chi connectivity index (χ1) is 51.1. The predicted octanol–water partition coefficient (Wildman–Crippen LogP) is -5.18. The van der Waals surface area contributed by atoms with E-state index in [9.17, 15) is 110 Å². The van der Waals surface area contributed by atoms with Crippen molar-refractivity contribution in [1.82, 2.24) is 37.2 Å². The Balaban J connectivity index is 0.000000355. The zero-order chi connectivity index (χ0) is 82.3. The topological polar surface area (TPSA) is 591 Å². The van der Waals surface area contributed by atoms with Crippen molar-refractivity contribution >= 4 is 47.1 Å². The minimum atomic E-state index is -1.46. The van der Waals surface area contributed by atoms with Crippen LogP contribution >= 0.6 is 0 Å². The summed E-state index contributed by atoms with van der Waals surface area (Å²) < 4.78 is 27.4. The molecule has 1 aromatic rings. The number of rotatable bonds is 30. The standard InChI is InChI=1S/C17H23NO6.C16H28N2O6.C15H24N2O6.C14H23NO6.C11H19NO5/c1-10-7-12(20)15(17(24-10)16(23)13(21)9-19)18-14(22)8-11-5-3-2-4-6-11;1-4-5-6-13(22)17-8-12(21)15(23)16-14(18-10(3)19)11(20)7-9(2)24-16;1-7-5-10(19)12(17-8(2)18)14(23-7)13(21)11(20)6-16-15(22)9-3-4-9;1-7(16)4-5-10(18)13(20)14-12(15-9(3)17)11(19)6-8(2)21-14;1-6-3-9(16)11(12-7(2)14)10(17-6)4-8(15)5-13/h2-7,12-13,15-17,19-21,23H,8-9H2,1H3,(H,18,22);7,11-12,14-16,20-21,23H,4-6,8H2,1-3H3,(H,17,22)(H,18,19);5,9-14,19-21H,3-4,6H2,1-2H3,(H,16,22)(H,17,18);6,10-14,18-20H,4-5H2,1-3H3,(H,15,17);3,8-11,13,15-16H,4-5H2,1-2H3,(H,12,14)/t12?,13-,15-,16-,17?;11?,12-,14-,15-,16?;10?,11-,12-,13-,14?;10-,11?,12-,13-,14?;8-,9?,10?,11+/m11110/s1. The van der Waals surface area contributed by atoms with Gasteiger partial charge >= 0.3 is 0 Å². The third kappa shape index (κ3) is 33.4. The number of unbranched alkanes of at least 4 members (excludes halogenated alkanes) is 1. The fourth-order valence-electron chi connectivity index (χ4n) is 11.9. The molecule has 23 N–H and O–H groups in total. The maximum absolute atomic E-state index is 12.2. The van der Waals surface area contributed by atoms with Gasteiger partial charge in [-0.25, -0.2) is 0 Å². The number of benzene rings is 1. The van der Waals surface area contributed by atoms with Crippen LogP contribution in [0, 0.1) is 5.92 Å². The number of Topliss-reactive ketones (excluding diaryl/α,β-unsaturated/α-hetero) is 1. The van der Waals surface area contributed by atoms with E-state index in [1.165, 1.54) is 65.0 Å². The van der Waals surface area contributed by atoms with Gasteiger partial charge in [0.1, 0.15) is 79.0 Å². The molecule has 36 heteroatoms. The monoisotopic (exact) mass is 1560 g/mol. The maximum Gasteiger partial charge on any atom is 0.224 e. The average Bonchev–Trinajstić information content (AvgIpc) is 1.35. The molecule has 0 saturated heterocycles. The van der Waals surface area contributed by atoms with Gasteiger partial charge in [-0.1, -0.05) is 43.7 Å². The molecule has 7 amide bonds. The Kier molecular flexibility index (Phi) is 41.5. The second-order valence-corrected chi connectivity index (χ2v) is 27.6. The van der Waals surface area contributed by atoms with Crippen LogP contribution in [-0.2, 0) is 68.5 Å². The van der Waals surface area contributed by atoms with Crippen molar-refractivity contribution in [1.29, 1.82) is 0 Å². The molecule has 0 aromatic heterocycles. The first-order valence-corrected chi connectivity index (χ1v) is 36.1. The molecule has 0 spiro atoms. The van der Waals surface area contributed by atoms with E-state index in [0.717, 1.165) is 31.2 Å².